The highest BCUT2D eigenvalue weighted by Gasteiger charge is 2.26. The van der Waals surface area contributed by atoms with Crippen LogP contribution in [0.25, 0.3) is 0 Å². The monoisotopic (exact) mass is 402 g/mol. The second-order valence-electron chi connectivity index (χ2n) is 6.83. The van der Waals surface area contributed by atoms with Crippen LogP contribution in [0.2, 0.25) is 0 Å². The van der Waals surface area contributed by atoms with Gasteiger partial charge >= 0.3 is 0 Å². The first-order valence-electron chi connectivity index (χ1n) is 9.52. The Morgan fingerprint density at radius 3 is 2.54 bits per heavy atom. The first kappa shape index (κ1) is 20.5. The number of benzene rings is 2. The molecule has 28 heavy (non-hydrogen) atoms. The largest absolute Gasteiger partial charge is 0.370 e. The van der Waals surface area contributed by atoms with Crippen LogP contribution < -0.4 is 4.72 Å². The van der Waals surface area contributed by atoms with Crippen LogP contribution in [0.4, 0.5) is 0 Å². The van der Waals surface area contributed by atoms with Crippen molar-refractivity contribution in [3.8, 4) is 0 Å². The molecule has 3 rings (SSSR count). The second-order valence-corrected chi connectivity index (χ2v) is 8.60. The Kier molecular flexibility index (Phi) is 6.83. The Morgan fingerprint density at radius 2 is 1.86 bits per heavy atom. The van der Waals surface area contributed by atoms with Gasteiger partial charge in [-0.2, -0.15) is 0 Å². The molecule has 150 valence electrons. The molecule has 0 saturated carbocycles. The van der Waals surface area contributed by atoms with E-state index in [1.54, 1.807) is 17.0 Å². The van der Waals surface area contributed by atoms with Gasteiger partial charge in [0.15, 0.2) is 0 Å². The van der Waals surface area contributed by atoms with Gasteiger partial charge in [0.05, 0.1) is 24.6 Å². The Balaban J connectivity index is 1.58. The number of amides is 1. The van der Waals surface area contributed by atoms with Crippen molar-refractivity contribution in [2.24, 2.45) is 0 Å². The van der Waals surface area contributed by atoms with E-state index in [1.165, 1.54) is 0 Å². The number of aryl methyl sites for hydroxylation is 1. The summed E-state index contributed by atoms with van der Waals surface area (Å²) in [4.78, 5) is 14.4. The summed E-state index contributed by atoms with van der Waals surface area (Å²) in [7, 11) is -3.72. The van der Waals surface area contributed by atoms with Crippen LogP contribution in [0, 0.1) is 0 Å². The molecule has 2 aromatic carbocycles. The molecular formula is C21H26N2O4S. The zero-order valence-corrected chi connectivity index (χ0v) is 16.8. The fourth-order valence-corrected chi connectivity index (χ4v) is 4.20. The fraction of sp³-hybridized carbons (Fsp3) is 0.381. The number of hydrogen-bond donors (Lipinski definition) is 1. The van der Waals surface area contributed by atoms with Crippen molar-refractivity contribution < 1.29 is 17.9 Å². The van der Waals surface area contributed by atoms with Crippen LogP contribution >= 0.6 is 0 Å². The number of carbonyl (C=O) groups excluding carboxylic acids is 1. The maximum absolute atomic E-state index is 12.5. The highest BCUT2D eigenvalue weighted by atomic mass is 32.2. The molecule has 1 aliphatic heterocycles. The second kappa shape index (κ2) is 9.32. The summed E-state index contributed by atoms with van der Waals surface area (Å²) < 4.78 is 33.1. The standard InChI is InChI=1S/C21H26N2O4S/c1-2-6-17-9-11-19(12-10-17)28(25,26)22-15-21(24)23-13-14-27-20(16-23)18-7-4-3-5-8-18/h3-5,7-12,20,22H,2,6,13-16H2,1H3. The average molecular weight is 403 g/mol. The lowest BCUT2D eigenvalue weighted by atomic mass is 10.1. The third-order valence-electron chi connectivity index (χ3n) is 4.78. The molecule has 1 unspecified atom stereocenters. The van der Waals surface area contributed by atoms with E-state index in [9.17, 15) is 13.2 Å². The molecule has 1 amide bonds. The lowest BCUT2D eigenvalue weighted by Gasteiger charge is -2.33. The zero-order chi connectivity index (χ0) is 20.0. The smallest absolute Gasteiger partial charge is 0.241 e. The molecule has 0 spiro atoms. The lowest BCUT2D eigenvalue weighted by Crippen LogP contribution is -2.46. The number of nitrogens with one attached hydrogen (secondary N) is 1. The van der Waals surface area contributed by atoms with E-state index in [2.05, 4.69) is 11.6 Å². The van der Waals surface area contributed by atoms with E-state index >= 15 is 0 Å². The molecule has 0 aromatic heterocycles. The number of carbonyl (C=O) groups is 1. The number of hydrogen-bond acceptors (Lipinski definition) is 4. The number of ether oxygens (including phenoxy) is 1. The molecule has 1 atom stereocenters. The molecule has 2 aromatic rings. The summed E-state index contributed by atoms with van der Waals surface area (Å²) in [6.45, 7) is 3.11. The molecule has 0 bridgehead atoms. The van der Waals surface area contributed by atoms with Crippen molar-refractivity contribution in [2.45, 2.75) is 30.8 Å². The number of rotatable bonds is 7. The molecule has 1 saturated heterocycles. The first-order chi connectivity index (χ1) is 13.5. The Morgan fingerprint density at radius 1 is 1.14 bits per heavy atom. The van der Waals surface area contributed by atoms with Gasteiger partial charge in [-0.25, -0.2) is 13.1 Å². The third-order valence-corrected chi connectivity index (χ3v) is 6.19. The maximum atomic E-state index is 12.5. The summed E-state index contributed by atoms with van der Waals surface area (Å²) in [6, 6.07) is 16.5. The minimum absolute atomic E-state index is 0.171. The van der Waals surface area contributed by atoms with Gasteiger partial charge in [0.2, 0.25) is 15.9 Å². The fourth-order valence-electron chi connectivity index (χ4n) is 3.22. The summed E-state index contributed by atoms with van der Waals surface area (Å²) in [5, 5.41) is 0. The molecule has 1 heterocycles. The van der Waals surface area contributed by atoms with Crippen molar-refractivity contribution in [2.75, 3.05) is 26.2 Å². The SMILES string of the molecule is CCCc1ccc(S(=O)(=O)NCC(=O)N2CCOC(c3ccccc3)C2)cc1. The van der Waals surface area contributed by atoms with Crippen molar-refractivity contribution in [3.05, 3.63) is 65.7 Å². The third kappa shape index (κ3) is 5.19. The lowest BCUT2D eigenvalue weighted by molar-refractivity contribution is -0.137. The van der Waals surface area contributed by atoms with Gasteiger partial charge in [-0.15, -0.1) is 0 Å². The highest BCUT2D eigenvalue weighted by Crippen LogP contribution is 2.22. The van der Waals surface area contributed by atoms with Gasteiger partial charge in [-0.3, -0.25) is 4.79 Å². The molecule has 7 heteroatoms. The van der Waals surface area contributed by atoms with E-state index < -0.39 is 10.0 Å². The average Bonchev–Trinajstić information content (AvgIpc) is 2.73. The Labute approximate surface area is 166 Å². The molecule has 1 N–H and O–H groups in total. The van der Waals surface area contributed by atoms with Crippen LogP contribution in [-0.2, 0) is 26.0 Å². The predicted octanol–water partition coefficient (Wildman–Crippen LogP) is 2.52. The van der Waals surface area contributed by atoms with E-state index in [4.69, 9.17) is 4.74 Å². The van der Waals surface area contributed by atoms with E-state index in [-0.39, 0.29) is 23.5 Å². The number of nitrogens with zero attached hydrogens (tertiary/aromatic N) is 1. The summed E-state index contributed by atoms with van der Waals surface area (Å²) in [5.74, 6) is -0.254. The van der Waals surface area contributed by atoms with Crippen LogP contribution in [0.3, 0.4) is 0 Å². The highest BCUT2D eigenvalue weighted by molar-refractivity contribution is 7.89. The van der Waals surface area contributed by atoms with E-state index in [1.807, 2.05) is 42.5 Å². The minimum Gasteiger partial charge on any atom is -0.370 e. The maximum Gasteiger partial charge on any atom is 0.241 e. The summed E-state index contributed by atoms with van der Waals surface area (Å²) >= 11 is 0. The predicted molar refractivity (Wildman–Crippen MR) is 107 cm³/mol. The van der Waals surface area contributed by atoms with Gasteiger partial charge < -0.3 is 9.64 Å². The number of sulfonamides is 1. The van der Waals surface area contributed by atoms with Crippen LogP contribution in [0.1, 0.15) is 30.6 Å². The topological polar surface area (TPSA) is 75.7 Å². The van der Waals surface area contributed by atoms with E-state index in [0.29, 0.717) is 19.7 Å². The quantitative estimate of drug-likeness (QED) is 0.772. The molecule has 1 fully saturated rings. The van der Waals surface area contributed by atoms with Crippen LogP contribution in [-0.4, -0.2) is 45.5 Å². The zero-order valence-electron chi connectivity index (χ0n) is 16.0. The summed E-state index contributed by atoms with van der Waals surface area (Å²) in [6.07, 6.45) is 1.72. The first-order valence-corrected chi connectivity index (χ1v) is 11.0. The van der Waals surface area contributed by atoms with Crippen LogP contribution in [0.5, 0.6) is 0 Å². The van der Waals surface area contributed by atoms with Crippen molar-refractivity contribution in [1.29, 1.82) is 0 Å². The van der Waals surface area contributed by atoms with Crippen molar-refractivity contribution in [1.82, 2.24) is 9.62 Å². The van der Waals surface area contributed by atoms with Crippen LogP contribution in [0.15, 0.2) is 59.5 Å². The van der Waals surface area contributed by atoms with E-state index in [0.717, 1.165) is 24.0 Å². The Bertz CT molecular complexity index is 882. The molecule has 6 nitrogen and oxygen atoms in total. The molecular weight excluding hydrogens is 376 g/mol. The van der Waals surface area contributed by atoms with Gasteiger partial charge in [0, 0.05) is 6.54 Å². The normalized spacial score (nSPS) is 17.5. The molecule has 0 aliphatic carbocycles. The summed E-state index contributed by atoms with van der Waals surface area (Å²) in [5.41, 5.74) is 2.10. The van der Waals surface area contributed by atoms with Gasteiger partial charge in [-0.05, 0) is 29.7 Å². The molecule has 0 radical (unpaired) electrons. The van der Waals surface area contributed by atoms with Gasteiger partial charge in [0.25, 0.3) is 0 Å². The van der Waals surface area contributed by atoms with Crippen molar-refractivity contribution in [3.63, 3.8) is 0 Å². The number of morpholine rings is 1. The van der Waals surface area contributed by atoms with Gasteiger partial charge in [-0.1, -0.05) is 55.8 Å². The minimum atomic E-state index is -3.72. The Hall–Kier alpha value is -2.22. The van der Waals surface area contributed by atoms with Gasteiger partial charge in [0.1, 0.15) is 6.10 Å². The van der Waals surface area contributed by atoms with Crippen molar-refractivity contribution >= 4 is 15.9 Å². The molecule has 1 aliphatic rings.